The number of aromatic nitrogens is 1. The van der Waals surface area contributed by atoms with E-state index in [1.165, 1.54) is 18.7 Å². The second-order valence-electron chi connectivity index (χ2n) is 4.38. The molecule has 6 nitrogen and oxygen atoms in total. The van der Waals surface area contributed by atoms with Crippen molar-refractivity contribution >= 4 is 29.4 Å². The molecule has 1 aromatic rings. The van der Waals surface area contributed by atoms with Crippen LogP contribution >= 0.6 is 11.8 Å². The normalized spacial score (nSPS) is 10.3. The monoisotopic (exact) mass is 298 g/mol. The number of carbonyl (C=O) groups excluding carboxylic acids is 2. The van der Waals surface area contributed by atoms with E-state index in [0.29, 0.717) is 34.8 Å². The van der Waals surface area contributed by atoms with Crippen molar-refractivity contribution in [1.82, 2.24) is 10.3 Å². The maximum absolute atomic E-state index is 12.0. The molecule has 0 fully saturated rings. The third-order valence-corrected chi connectivity index (χ3v) is 3.72. The summed E-state index contributed by atoms with van der Waals surface area (Å²) in [5.74, 6) is -0.689. The number of H-pyrrole nitrogens is 1. The Bertz CT molecular complexity index is 537. The number of nitrogens with one attached hydrogen (secondary N) is 2. The van der Waals surface area contributed by atoms with Gasteiger partial charge in [0.05, 0.1) is 5.75 Å². The number of carbonyl (C=O) groups is 3. The molecule has 1 heterocycles. The van der Waals surface area contributed by atoms with Gasteiger partial charge in [0.2, 0.25) is 0 Å². The van der Waals surface area contributed by atoms with E-state index in [2.05, 4.69) is 10.3 Å². The number of thioether (sulfide) groups is 1. The van der Waals surface area contributed by atoms with E-state index in [4.69, 9.17) is 5.11 Å². The van der Waals surface area contributed by atoms with Gasteiger partial charge < -0.3 is 15.4 Å². The average molecular weight is 298 g/mol. The van der Waals surface area contributed by atoms with Gasteiger partial charge in [-0.3, -0.25) is 14.4 Å². The van der Waals surface area contributed by atoms with Crippen molar-refractivity contribution in [3.8, 4) is 0 Å². The van der Waals surface area contributed by atoms with Crippen LogP contribution in [0.5, 0.6) is 0 Å². The van der Waals surface area contributed by atoms with Gasteiger partial charge in [-0.25, -0.2) is 0 Å². The standard InChI is InChI=1S/C13H18N2O4S/c1-7-11(9(3)16)8(2)15-12(7)13(19)14-4-5-20-6-10(17)18/h15H,4-6H2,1-3H3,(H,14,19)(H,17,18). The Morgan fingerprint density at radius 1 is 1.30 bits per heavy atom. The van der Waals surface area contributed by atoms with Crippen LogP contribution in [0, 0.1) is 13.8 Å². The molecule has 3 N–H and O–H groups in total. The number of hydrogen-bond donors (Lipinski definition) is 3. The summed E-state index contributed by atoms with van der Waals surface area (Å²) in [4.78, 5) is 36.7. The zero-order valence-corrected chi connectivity index (χ0v) is 12.5. The van der Waals surface area contributed by atoms with E-state index >= 15 is 0 Å². The Balaban J connectivity index is 2.58. The Morgan fingerprint density at radius 3 is 2.45 bits per heavy atom. The fourth-order valence-corrected chi connectivity index (χ4v) is 2.56. The van der Waals surface area contributed by atoms with Gasteiger partial charge >= 0.3 is 5.97 Å². The van der Waals surface area contributed by atoms with Crippen molar-refractivity contribution in [2.45, 2.75) is 20.8 Å². The van der Waals surface area contributed by atoms with Gasteiger partial charge in [-0.2, -0.15) is 0 Å². The summed E-state index contributed by atoms with van der Waals surface area (Å²) in [6.45, 7) is 5.33. The summed E-state index contributed by atoms with van der Waals surface area (Å²) >= 11 is 1.24. The minimum atomic E-state index is -0.872. The van der Waals surface area contributed by atoms with E-state index in [1.54, 1.807) is 13.8 Å². The Labute approximate surface area is 121 Å². The van der Waals surface area contributed by atoms with Crippen LogP contribution in [0.25, 0.3) is 0 Å². The van der Waals surface area contributed by atoms with Crippen LogP contribution in [-0.4, -0.2) is 45.8 Å². The van der Waals surface area contributed by atoms with Crippen LogP contribution < -0.4 is 5.32 Å². The number of carboxylic acids is 1. The van der Waals surface area contributed by atoms with Crippen LogP contribution in [0.4, 0.5) is 0 Å². The molecule has 0 unspecified atom stereocenters. The quantitative estimate of drug-likeness (QED) is 0.522. The lowest BCUT2D eigenvalue weighted by molar-refractivity contribution is -0.133. The third kappa shape index (κ3) is 4.12. The summed E-state index contributed by atoms with van der Waals surface area (Å²) in [5, 5.41) is 11.2. The molecule has 110 valence electrons. The second kappa shape index (κ2) is 7.14. The molecule has 0 saturated carbocycles. The maximum Gasteiger partial charge on any atom is 0.313 e. The van der Waals surface area contributed by atoms with Crippen molar-refractivity contribution < 1.29 is 19.5 Å². The third-order valence-electron chi connectivity index (χ3n) is 2.77. The summed E-state index contributed by atoms with van der Waals surface area (Å²) in [5.41, 5.74) is 2.26. The molecule has 0 aliphatic rings. The van der Waals surface area contributed by atoms with E-state index in [9.17, 15) is 14.4 Å². The molecule has 20 heavy (non-hydrogen) atoms. The summed E-state index contributed by atoms with van der Waals surface area (Å²) in [6.07, 6.45) is 0. The zero-order chi connectivity index (χ0) is 15.3. The number of aryl methyl sites for hydroxylation is 1. The van der Waals surface area contributed by atoms with Crippen molar-refractivity contribution in [3.63, 3.8) is 0 Å². The Morgan fingerprint density at radius 2 is 1.95 bits per heavy atom. The first-order valence-corrected chi connectivity index (χ1v) is 7.28. The molecule has 7 heteroatoms. The van der Waals surface area contributed by atoms with Crippen LogP contribution in [-0.2, 0) is 4.79 Å². The highest BCUT2D eigenvalue weighted by molar-refractivity contribution is 7.99. The number of carboxylic acid groups (broad SMARTS) is 1. The number of aliphatic carboxylic acids is 1. The topological polar surface area (TPSA) is 99.3 Å². The van der Waals surface area contributed by atoms with Crippen molar-refractivity contribution in [2.24, 2.45) is 0 Å². The molecule has 0 aromatic carbocycles. The van der Waals surface area contributed by atoms with Gasteiger partial charge in [0.15, 0.2) is 5.78 Å². The first kappa shape index (κ1) is 16.3. The fraction of sp³-hybridized carbons (Fsp3) is 0.462. The highest BCUT2D eigenvalue weighted by Crippen LogP contribution is 2.18. The predicted octanol–water partition coefficient (Wildman–Crippen LogP) is 1.38. The van der Waals surface area contributed by atoms with Gasteiger partial charge in [-0.1, -0.05) is 0 Å². The van der Waals surface area contributed by atoms with Crippen LogP contribution in [0.15, 0.2) is 0 Å². The molecule has 0 saturated heterocycles. The van der Waals surface area contributed by atoms with Gasteiger partial charge in [0, 0.05) is 23.6 Å². The van der Waals surface area contributed by atoms with E-state index < -0.39 is 5.97 Å². The lowest BCUT2D eigenvalue weighted by atomic mass is 10.1. The van der Waals surface area contributed by atoms with Crippen LogP contribution in [0.1, 0.15) is 39.0 Å². The SMILES string of the molecule is CC(=O)c1c(C)[nH]c(C(=O)NCCSCC(=O)O)c1C. The molecule has 0 aliphatic carbocycles. The van der Waals surface area contributed by atoms with E-state index in [0.717, 1.165) is 0 Å². The number of hydrogen-bond acceptors (Lipinski definition) is 4. The number of Topliss-reactive ketones (excluding diaryl/α,β-unsaturated/α-hetero) is 1. The summed E-state index contributed by atoms with van der Waals surface area (Å²) in [7, 11) is 0. The second-order valence-corrected chi connectivity index (χ2v) is 5.49. The maximum atomic E-state index is 12.0. The predicted molar refractivity (Wildman–Crippen MR) is 77.6 cm³/mol. The molecule has 1 amide bonds. The smallest absolute Gasteiger partial charge is 0.313 e. The highest BCUT2D eigenvalue weighted by Gasteiger charge is 2.19. The molecule has 0 radical (unpaired) electrons. The summed E-state index contributed by atoms with van der Waals surface area (Å²) < 4.78 is 0. The van der Waals surface area contributed by atoms with Gasteiger partial charge in [-0.05, 0) is 26.3 Å². The minimum Gasteiger partial charge on any atom is -0.481 e. The molecule has 0 aliphatic heterocycles. The minimum absolute atomic E-state index is 0.0188. The molecule has 0 spiro atoms. The molecular formula is C13H18N2O4S. The van der Waals surface area contributed by atoms with Gasteiger partial charge in [0.1, 0.15) is 5.69 Å². The molecule has 0 bridgehead atoms. The largest absolute Gasteiger partial charge is 0.481 e. The number of amides is 1. The average Bonchev–Trinajstić information content (AvgIpc) is 2.63. The molecule has 1 rings (SSSR count). The summed E-state index contributed by atoms with van der Waals surface area (Å²) in [6, 6.07) is 0. The fourth-order valence-electron chi connectivity index (χ4n) is 1.99. The molecular weight excluding hydrogens is 280 g/mol. The number of ketones is 1. The van der Waals surface area contributed by atoms with E-state index in [-0.39, 0.29) is 17.4 Å². The Kier molecular flexibility index (Phi) is 5.82. The van der Waals surface area contributed by atoms with Gasteiger partial charge in [0.25, 0.3) is 5.91 Å². The zero-order valence-electron chi connectivity index (χ0n) is 11.7. The Hall–Kier alpha value is -1.76. The first-order chi connectivity index (χ1) is 9.34. The van der Waals surface area contributed by atoms with E-state index in [1.807, 2.05) is 0 Å². The first-order valence-electron chi connectivity index (χ1n) is 6.12. The lowest BCUT2D eigenvalue weighted by Crippen LogP contribution is -2.27. The van der Waals surface area contributed by atoms with Crippen molar-refractivity contribution in [2.75, 3.05) is 18.1 Å². The lowest BCUT2D eigenvalue weighted by Gasteiger charge is -2.04. The van der Waals surface area contributed by atoms with Crippen molar-refractivity contribution in [3.05, 3.63) is 22.5 Å². The van der Waals surface area contributed by atoms with Gasteiger partial charge in [-0.15, -0.1) is 11.8 Å². The molecule has 0 atom stereocenters. The van der Waals surface area contributed by atoms with Crippen LogP contribution in [0.3, 0.4) is 0 Å². The molecule has 1 aromatic heterocycles. The van der Waals surface area contributed by atoms with Crippen LogP contribution in [0.2, 0.25) is 0 Å². The number of aromatic amines is 1. The number of rotatable bonds is 7. The van der Waals surface area contributed by atoms with Crippen molar-refractivity contribution in [1.29, 1.82) is 0 Å². The highest BCUT2D eigenvalue weighted by atomic mass is 32.2.